The fourth-order valence-electron chi connectivity index (χ4n) is 4.17. The number of anilines is 2. The lowest BCUT2D eigenvalue weighted by Crippen LogP contribution is -2.34. The summed E-state index contributed by atoms with van der Waals surface area (Å²) in [6.07, 6.45) is -3.12. The molecule has 1 saturated heterocycles. The Kier molecular flexibility index (Phi) is 7.62. The van der Waals surface area contributed by atoms with Crippen LogP contribution in [0.25, 0.3) is 11.2 Å². The molecule has 2 aromatic heterocycles. The number of aliphatic hydroxyl groups excluding tert-OH is 2. The number of nitrogens with two attached hydrogens (primary N) is 1. The van der Waals surface area contributed by atoms with Crippen LogP contribution in [0.3, 0.4) is 0 Å². The molecule has 1 aliphatic heterocycles. The van der Waals surface area contributed by atoms with Crippen LogP contribution in [0.5, 0.6) is 0 Å². The average Bonchev–Trinajstić information content (AvgIpc) is 3.42. The zero-order chi connectivity index (χ0) is 26.8. The number of nitrogens with one attached hydrogen (secondary N) is 1. The minimum atomic E-state index is -1.31. The molecular formula is C25H23Cl2N7O4. The number of ether oxygens (including phenoxy) is 2. The first-order chi connectivity index (χ1) is 18.4. The van der Waals surface area contributed by atoms with Crippen molar-refractivity contribution in [3.05, 3.63) is 75.5 Å². The van der Waals surface area contributed by atoms with Gasteiger partial charge in [0, 0.05) is 6.54 Å². The van der Waals surface area contributed by atoms with Crippen LogP contribution in [0.2, 0.25) is 10.0 Å². The van der Waals surface area contributed by atoms with E-state index in [2.05, 4.69) is 26.3 Å². The van der Waals surface area contributed by atoms with Gasteiger partial charge in [0.1, 0.15) is 24.6 Å². The first-order valence-electron chi connectivity index (χ1n) is 11.6. The third-order valence-electron chi connectivity index (χ3n) is 6.17. The second kappa shape index (κ2) is 11.1. The van der Waals surface area contributed by atoms with Crippen LogP contribution >= 0.6 is 23.2 Å². The molecular weight excluding hydrogens is 533 g/mol. The number of aromatic nitrogens is 4. The molecule has 0 amide bonds. The van der Waals surface area contributed by atoms with Crippen LogP contribution in [0.15, 0.2) is 48.8 Å². The predicted octanol–water partition coefficient (Wildman–Crippen LogP) is 3.04. The molecule has 196 valence electrons. The summed E-state index contributed by atoms with van der Waals surface area (Å²) in [5, 5.41) is 34.7. The van der Waals surface area contributed by atoms with Gasteiger partial charge in [-0.05, 0) is 35.4 Å². The summed E-state index contributed by atoms with van der Waals surface area (Å²) in [7, 11) is 0. The summed E-state index contributed by atoms with van der Waals surface area (Å²) >= 11 is 12.2. The fourth-order valence-corrected chi connectivity index (χ4v) is 4.49. The number of aliphatic hydroxyl groups is 2. The van der Waals surface area contributed by atoms with Crippen molar-refractivity contribution in [2.75, 3.05) is 17.7 Å². The van der Waals surface area contributed by atoms with E-state index in [0.717, 1.165) is 11.1 Å². The van der Waals surface area contributed by atoms with Gasteiger partial charge >= 0.3 is 0 Å². The largest absolute Gasteiger partial charge is 0.387 e. The summed E-state index contributed by atoms with van der Waals surface area (Å²) in [6.45, 7) is 0.577. The molecule has 0 bridgehead atoms. The number of rotatable bonds is 8. The van der Waals surface area contributed by atoms with Crippen molar-refractivity contribution in [1.82, 2.24) is 19.5 Å². The maximum atomic E-state index is 10.9. The van der Waals surface area contributed by atoms with Gasteiger partial charge in [-0.1, -0.05) is 41.4 Å². The summed E-state index contributed by atoms with van der Waals surface area (Å²) in [4.78, 5) is 12.8. The van der Waals surface area contributed by atoms with Crippen molar-refractivity contribution in [3.63, 3.8) is 0 Å². The van der Waals surface area contributed by atoms with Crippen LogP contribution in [0.4, 0.5) is 11.8 Å². The van der Waals surface area contributed by atoms with E-state index in [9.17, 15) is 10.2 Å². The Bertz CT molecular complexity index is 1490. The zero-order valence-electron chi connectivity index (χ0n) is 19.8. The topological polar surface area (TPSA) is 164 Å². The highest BCUT2D eigenvalue weighted by atomic mass is 35.5. The summed E-state index contributed by atoms with van der Waals surface area (Å²) in [6, 6.07) is 14.3. The maximum absolute atomic E-state index is 10.9. The van der Waals surface area contributed by atoms with Gasteiger partial charge in [0.15, 0.2) is 23.2 Å². The first kappa shape index (κ1) is 26.1. The highest BCUT2D eigenvalue weighted by Crippen LogP contribution is 2.35. The van der Waals surface area contributed by atoms with Crippen LogP contribution in [-0.2, 0) is 22.6 Å². The first-order valence-corrected chi connectivity index (χ1v) is 12.4. The van der Waals surface area contributed by atoms with Crippen LogP contribution < -0.4 is 11.1 Å². The normalized spacial score (nSPS) is 21.0. The molecule has 0 aliphatic carbocycles. The molecule has 1 unspecified atom stereocenters. The molecule has 5 N–H and O–H groups in total. The molecule has 13 heteroatoms. The Hall–Kier alpha value is -3.50. The average molecular weight is 556 g/mol. The molecule has 38 heavy (non-hydrogen) atoms. The van der Waals surface area contributed by atoms with Gasteiger partial charge < -0.3 is 30.7 Å². The van der Waals surface area contributed by atoms with Gasteiger partial charge in [0.25, 0.3) is 0 Å². The van der Waals surface area contributed by atoms with E-state index in [4.69, 9.17) is 43.7 Å². The van der Waals surface area contributed by atoms with E-state index >= 15 is 0 Å². The number of nitrogens with zero attached hydrogens (tertiary/aromatic N) is 5. The lowest BCUT2D eigenvalue weighted by Gasteiger charge is -2.20. The van der Waals surface area contributed by atoms with Crippen molar-refractivity contribution in [2.24, 2.45) is 0 Å². The number of nitriles is 1. The van der Waals surface area contributed by atoms with E-state index in [-0.39, 0.29) is 19.0 Å². The lowest BCUT2D eigenvalue weighted by molar-refractivity contribution is -0.0675. The molecule has 11 nitrogen and oxygen atoms in total. The quantitative estimate of drug-likeness (QED) is 0.254. The number of imidazole rings is 1. The molecule has 4 aromatic rings. The summed E-state index contributed by atoms with van der Waals surface area (Å²) in [5.41, 5.74) is 8.91. The molecule has 0 spiro atoms. The monoisotopic (exact) mass is 555 g/mol. The second-order valence-electron chi connectivity index (χ2n) is 8.71. The SMILES string of the molecule is N#Cc1ccc(COC[C@H]2O[C@@H](n3c(NCc4ccc(Cl)c(Cl)c4)nc4c(N)ncnc43)C(O)[C@H]2O)cc1. The Labute approximate surface area is 227 Å². The lowest BCUT2D eigenvalue weighted by atomic mass is 10.1. The third kappa shape index (κ3) is 5.23. The van der Waals surface area contributed by atoms with Crippen LogP contribution in [0.1, 0.15) is 22.9 Å². The third-order valence-corrected chi connectivity index (χ3v) is 6.90. The minimum absolute atomic E-state index is 0.0184. The molecule has 3 heterocycles. The predicted molar refractivity (Wildman–Crippen MR) is 140 cm³/mol. The van der Waals surface area contributed by atoms with E-state index in [1.807, 2.05) is 6.07 Å². The fraction of sp³-hybridized carbons (Fsp3) is 0.280. The second-order valence-corrected chi connectivity index (χ2v) is 9.52. The van der Waals surface area contributed by atoms with Crippen LogP contribution in [-0.4, -0.2) is 54.7 Å². The number of nitrogen functional groups attached to an aromatic ring is 1. The van der Waals surface area contributed by atoms with Crippen LogP contribution in [0, 0.1) is 11.3 Å². The number of fused-ring (bicyclic) bond motifs is 1. The van der Waals surface area contributed by atoms with Gasteiger partial charge in [-0.15, -0.1) is 0 Å². The molecule has 0 saturated carbocycles. The zero-order valence-corrected chi connectivity index (χ0v) is 21.3. The van der Waals surface area contributed by atoms with E-state index in [1.54, 1.807) is 41.0 Å². The van der Waals surface area contributed by atoms with Gasteiger partial charge in [-0.25, -0.2) is 15.0 Å². The van der Waals surface area contributed by atoms with E-state index in [1.165, 1.54) is 6.33 Å². The molecule has 4 atom stereocenters. The van der Waals surface area contributed by atoms with Crippen molar-refractivity contribution in [1.29, 1.82) is 5.26 Å². The number of halogens is 2. The Morgan fingerprint density at radius 3 is 2.58 bits per heavy atom. The molecule has 1 aliphatic rings. The Balaban J connectivity index is 1.35. The smallest absolute Gasteiger partial charge is 0.207 e. The van der Waals surface area contributed by atoms with E-state index < -0.39 is 24.5 Å². The Morgan fingerprint density at radius 2 is 1.84 bits per heavy atom. The van der Waals surface area contributed by atoms with Gasteiger partial charge in [-0.2, -0.15) is 5.26 Å². The van der Waals surface area contributed by atoms with Gasteiger partial charge in [0.2, 0.25) is 5.95 Å². The standard InChI is InChI=1S/C25H23Cl2N7O4/c26-16-6-5-15(7-17(16)27)9-30-25-33-19-22(29)31-12-32-23(19)34(25)24-21(36)20(35)18(38-24)11-37-10-14-3-1-13(8-28)2-4-14/h1-7,12,18,20-21,24,35-36H,9-11H2,(H,30,33)(H2,29,31,32)/t18-,20+,21?,24-/m1/s1. The summed E-state index contributed by atoms with van der Waals surface area (Å²) in [5.74, 6) is 0.454. The van der Waals surface area contributed by atoms with E-state index in [0.29, 0.717) is 39.3 Å². The van der Waals surface area contributed by atoms with Crippen molar-refractivity contribution < 1.29 is 19.7 Å². The maximum Gasteiger partial charge on any atom is 0.207 e. The molecule has 2 aromatic carbocycles. The molecule has 1 fully saturated rings. The highest BCUT2D eigenvalue weighted by molar-refractivity contribution is 6.42. The van der Waals surface area contributed by atoms with Gasteiger partial charge in [0.05, 0.1) is 34.9 Å². The van der Waals surface area contributed by atoms with Crippen molar-refractivity contribution in [3.8, 4) is 6.07 Å². The molecule has 5 rings (SSSR count). The number of hydrogen-bond acceptors (Lipinski definition) is 10. The number of hydrogen-bond donors (Lipinski definition) is 4. The molecule has 0 radical (unpaired) electrons. The Morgan fingerprint density at radius 1 is 1.08 bits per heavy atom. The minimum Gasteiger partial charge on any atom is -0.387 e. The highest BCUT2D eigenvalue weighted by Gasteiger charge is 2.45. The van der Waals surface area contributed by atoms with Gasteiger partial charge in [-0.3, -0.25) is 4.57 Å². The van der Waals surface area contributed by atoms with Crippen molar-refractivity contribution >= 4 is 46.1 Å². The van der Waals surface area contributed by atoms with Crippen molar-refractivity contribution in [2.45, 2.75) is 37.7 Å². The summed E-state index contributed by atoms with van der Waals surface area (Å²) < 4.78 is 13.3. The number of benzene rings is 2.